The smallest absolute Gasteiger partial charge is 0.289 e. The zero-order valence-corrected chi connectivity index (χ0v) is 7.56. The molecule has 0 aromatic heterocycles. The summed E-state index contributed by atoms with van der Waals surface area (Å²) in [5.41, 5.74) is 0. The third-order valence-electron chi connectivity index (χ3n) is 1.85. The lowest BCUT2D eigenvalue weighted by Gasteiger charge is -2.15. The van der Waals surface area contributed by atoms with Gasteiger partial charge in [0.15, 0.2) is 0 Å². The van der Waals surface area contributed by atoms with Crippen molar-refractivity contribution in [2.24, 2.45) is 0 Å². The van der Waals surface area contributed by atoms with Crippen LogP contribution in [0.3, 0.4) is 0 Å². The molecule has 1 heterocycles. The topological polar surface area (TPSA) is 20.3 Å². The first-order chi connectivity index (χ1) is 4.80. The molecule has 0 aromatic carbocycles. The van der Waals surface area contributed by atoms with Crippen LogP contribution < -0.4 is 0 Å². The predicted molar refractivity (Wildman–Crippen MR) is 44.4 cm³/mol. The van der Waals surface area contributed by atoms with Crippen molar-refractivity contribution in [2.75, 3.05) is 13.1 Å². The monoisotopic (exact) mass is 205 g/mol. The fourth-order valence-electron chi connectivity index (χ4n) is 1.25. The Bertz CT molecular complexity index is 119. The molecule has 0 bridgehead atoms. The molecule has 0 unspecified atom stereocenters. The first kappa shape index (κ1) is 8.05. The minimum Gasteiger partial charge on any atom is -0.333 e. The van der Waals surface area contributed by atoms with Gasteiger partial charge in [0.25, 0.3) is 4.82 Å². The summed E-state index contributed by atoms with van der Waals surface area (Å²) in [4.78, 5) is 12.7. The summed E-state index contributed by atoms with van der Waals surface area (Å²) < 4.78 is 0. The predicted octanol–water partition coefficient (Wildman–Crippen LogP) is 2.38. The number of rotatable bonds is 0. The molecule has 0 N–H and O–H groups in total. The highest BCUT2D eigenvalue weighted by Gasteiger charge is 2.11. The molecule has 1 fully saturated rings. The lowest BCUT2D eigenvalue weighted by molar-refractivity contribution is 0.226. The maximum Gasteiger partial charge on any atom is 0.289 e. The van der Waals surface area contributed by atoms with E-state index in [9.17, 15) is 4.79 Å². The van der Waals surface area contributed by atoms with E-state index < -0.39 is 0 Å². The molecule has 10 heavy (non-hydrogen) atoms. The summed E-state index contributed by atoms with van der Waals surface area (Å²) in [5.74, 6) is 0. The van der Waals surface area contributed by atoms with Crippen LogP contribution in [0, 0.1) is 0 Å². The van der Waals surface area contributed by atoms with E-state index in [-0.39, 0.29) is 4.82 Å². The van der Waals surface area contributed by atoms with Gasteiger partial charge in [-0.3, -0.25) is 4.79 Å². The van der Waals surface area contributed by atoms with E-state index in [2.05, 4.69) is 15.9 Å². The normalized spacial score (nSPS) is 20.3. The van der Waals surface area contributed by atoms with Crippen LogP contribution in [0.5, 0.6) is 0 Å². The van der Waals surface area contributed by atoms with Crippen molar-refractivity contribution < 1.29 is 4.79 Å². The summed E-state index contributed by atoms with van der Waals surface area (Å²) in [7, 11) is 0. The fourth-order valence-corrected chi connectivity index (χ4v) is 1.60. The molecule has 3 heteroatoms. The van der Waals surface area contributed by atoms with Crippen LogP contribution in [0.1, 0.15) is 25.7 Å². The van der Waals surface area contributed by atoms with Crippen LogP contribution in [0.25, 0.3) is 0 Å². The number of hydrogen-bond donors (Lipinski definition) is 0. The van der Waals surface area contributed by atoms with Crippen molar-refractivity contribution >= 4 is 20.7 Å². The fraction of sp³-hybridized carbons (Fsp3) is 0.857. The largest absolute Gasteiger partial charge is 0.333 e. The van der Waals surface area contributed by atoms with Gasteiger partial charge in [0.05, 0.1) is 0 Å². The van der Waals surface area contributed by atoms with Crippen molar-refractivity contribution in [1.82, 2.24) is 4.90 Å². The highest BCUT2D eigenvalue weighted by Crippen LogP contribution is 2.11. The van der Waals surface area contributed by atoms with E-state index in [0.29, 0.717) is 0 Å². The van der Waals surface area contributed by atoms with Crippen molar-refractivity contribution in [3.05, 3.63) is 0 Å². The van der Waals surface area contributed by atoms with Gasteiger partial charge in [0.1, 0.15) is 0 Å². The number of likely N-dealkylation sites (tertiary alicyclic amines) is 1. The summed E-state index contributed by atoms with van der Waals surface area (Å²) >= 11 is 2.96. The van der Waals surface area contributed by atoms with E-state index in [1.54, 1.807) is 0 Å². The van der Waals surface area contributed by atoms with Gasteiger partial charge in [-0.25, -0.2) is 0 Å². The zero-order chi connectivity index (χ0) is 7.40. The third kappa shape index (κ3) is 2.29. The van der Waals surface area contributed by atoms with Crippen LogP contribution in [0.4, 0.5) is 4.79 Å². The summed E-state index contributed by atoms with van der Waals surface area (Å²) in [5, 5.41) is 0. The molecular weight excluding hydrogens is 194 g/mol. The van der Waals surface area contributed by atoms with Gasteiger partial charge in [-0.1, -0.05) is 12.8 Å². The number of halogens is 1. The molecule has 1 saturated heterocycles. The highest BCUT2D eigenvalue weighted by atomic mass is 79.9. The second-order valence-corrected chi connectivity index (χ2v) is 3.33. The zero-order valence-electron chi connectivity index (χ0n) is 5.98. The molecule has 0 saturated carbocycles. The van der Waals surface area contributed by atoms with Crippen LogP contribution in [0.15, 0.2) is 0 Å². The van der Waals surface area contributed by atoms with Gasteiger partial charge in [-0.15, -0.1) is 0 Å². The maximum atomic E-state index is 10.8. The average Bonchev–Trinajstić information content (AvgIpc) is 2.12. The van der Waals surface area contributed by atoms with Gasteiger partial charge in [-0.05, 0) is 12.8 Å². The lowest BCUT2D eigenvalue weighted by Crippen LogP contribution is -2.26. The molecular formula is C7H12BrNO. The SMILES string of the molecule is O=C(Br)N1CCCCCC1. The minimum absolute atomic E-state index is 0.0504. The van der Waals surface area contributed by atoms with Gasteiger partial charge >= 0.3 is 0 Å². The summed E-state index contributed by atoms with van der Waals surface area (Å²) in [6.45, 7) is 1.87. The molecule has 0 radical (unpaired) electrons. The van der Waals surface area contributed by atoms with Crippen LogP contribution in [-0.4, -0.2) is 22.8 Å². The second-order valence-electron chi connectivity index (χ2n) is 2.65. The Morgan fingerprint density at radius 1 is 1.10 bits per heavy atom. The Labute approximate surface area is 69.7 Å². The van der Waals surface area contributed by atoms with Gasteiger partial charge in [-0.2, -0.15) is 0 Å². The number of nitrogens with zero attached hydrogens (tertiary/aromatic N) is 1. The number of carbonyl (C=O) groups excluding carboxylic acids is 1. The van der Waals surface area contributed by atoms with Gasteiger partial charge in [0.2, 0.25) is 0 Å². The standard InChI is InChI=1S/C7H12BrNO/c8-7(10)9-5-3-1-2-4-6-9/h1-6H2. The maximum absolute atomic E-state index is 10.8. The van der Waals surface area contributed by atoms with Crippen molar-refractivity contribution in [1.29, 1.82) is 0 Å². The highest BCUT2D eigenvalue weighted by molar-refractivity contribution is 9.18. The average molecular weight is 206 g/mol. The molecule has 0 aliphatic carbocycles. The number of amides is 1. The van der Waals surface area contributed by atoms with Crippen LogP contribution in [0.2, 0.25) is 0 Å². The second kappa shape index (κ2) is 3.96. The Hall–Kier alpha value is -0.0500. The third-order valence-corrected chi connectivity index (χ3v) is 2.36. The van der Waals surface area contributed by atoms with Crippen molar-refractivity contribution in [2.45, 2.75) is 25.7 Å². The quantitative estimate of drug-likeness (QED) is 0.440. The summed E-state index contributed by atoms with van der Waals surface area (Å²) in [6, 6.07) is 0. The Morgan fingerprint density at radius 2 is 1.60 bits per heavy atom. The Morgan fingerprint density at radius 3 is 2.00 bits per heavy atom. The van der Waals surface area contributed by atoms with Crippen LogP contribution >= 0.6 is 15.9 Å². The molecule has 1 rings (SSSR count). The summed E-state index contributed by atoms with van der Waals surface area (Å²) in [6.07, 6.45) is 4.88. The minimum atomic E-state index is 0.0504. The van der Waals surface area contributed by atoms with Gasteiger partial charge in [0, 0.05) is 29.0 Å². The molecule has 58 valence electrons. The Kier molecular flexibility index (Phi) is 3.19. The van der Waals surface area contributed by atoms with Crippen molar-refractivity contribution in [3.63, 3.8) is 0 Å². The van der Waals surface area contributed by atoms with Crippen molar-refractivity contribution in [3.8, 4) is 0 Å². The van der Waals surface area contributed by atoms with E-state index in [0.717, 1.165) is 25.9 Å². The van der Waals surface area contributed by atoms with E-state index in [1.807, 2.05) is 4.90 Å². The van der Waals surface area contributed by atoms with Crippen LogP contribution in [-0.2, 0) is 0 Å². The molecule has 0 atom stereocenters. The Balaban J connectivity index is 2.35. The van der Waals surface area contributed by atoms with Gasteiger partial charge < -0.3 is 4.90 Å². The van der Waals surface area contributed by atoms with E-state index in [4.69, 9.17) is 0 Å². The van der Waals surface area contributed by atoms with E-state index in [1.165, 1.54) is 12.8 Å². The molecule has 1 amide bonds. The number of hydrogen-bond acceptors (Lipinski definition) is 1. The molecule has 2 nitrogen and oxygen atoms in total. The molecule has 1 aliphatic heterocycles. The molecule has 0 aromatic rings. The molecule has 0 spiro atoms. The number of carbonyl (C=O) groups is 1. The molecule has 1 aliphatic rings. The first-order valence-electron chi connectivity index (χ1n) is 3.75. The van der Waals surface area contributed by atoms with E-state index >= 15 is 0 Å². The first-order valence-corrected chi connectivity index (χ1v) is 4.54. The lowest BCUT2D eigenvalue weighted by atomic mass is 10.2.